The highest BCUT2D eigenvalue weighted by molar-refractivity contribution is 9.13. The maximum absolute atomic E-state index is 13.0. The summed E-state index contributed by atoms with van der Waals surface area (Å²) in [4.78, 5) is 0. The Kier molecular flexibility index (Phi) is 4.27. The zero-order valence-electron chi connectivity index (χ0n) is 8.44. The molecule has 0 saturated carbocycles. The van der Waals surface area contributed by atoms with Crippen LogP contribution < -0.4 is 5.32 Å². The Hall–Kier alpha value is -0.330. The van der Waals surface area contributed by atoms with Crippen LogP contribution in [0.2, 0.25) is 0 Å². The third-order valence-electron chi connectivity index (χ3n) is 2.08. The van der Waals surface area contributed by atoms with E-state index in [0.29, 0.717) is 16.9 Å². The number of furan rings is 1. The number of halogens is 4. The van der Waals surface area contributed by atoms with E-state index in [2.05, 4.69) is 53.1 Å². The van der Waals surface area contributed by atoms with Gasteiger partial charge in [0.15, 0.2) is 4.67 Å². The Morgan fingerprint density at radius 1 is 1.12 bits per heavy atom. The molecule has 0 amide bonds. The van der Waals surface area contributed by atoms with Crippen LogP contribution in [-0.2, 0) is 6.54 Å². The summed E-state index contributed by atoms with van der Waals surface area (Å²) in [6.45, 7) is 0.478. The average molecular weight is 428 g/mol. The van der Waals surface area contributed by atoms with Crippen LogP contribution in [0, 0.1) is 5.82 Å². The number of rotatable bonds is 3. The standard InChI is InChI=1S/C11H7Br3FNO/c12-8-2-1-6(15)3-10(8)16-5-7-4-9(13)11(14)17-7/h1-4,16H,5H2. The molecule has 0 atom stereocenters. The number of hydrogen-bond acceptors (Lipinski definition) is 2. The Labute approximate surface area is 123 Å². The van der Waals surface area contributed by atoms with E-state index in [9.17, 15) is 4.39 Å². The van der Waals surface area contributed by atoms with Crippen molar-refractivity contribution in [1.29, 1.82) is 0 Å². The van der Waals surface area contributed by atoms with Gasteiger partial charge >= 0.3 is 0 Å². The van der Waals surface area contributed by atoms with Gasteiger partial charge in [-0.3, -0.25) is 0 Å². The molecule has 2 nitrogen and oxygen atoms in total. The largest absolute Gasteiger partial charge is 0.451 e. The molecule has 0 radical (unpaired) electrons. The van der Waals surface area contributed by atoms with Gasteiger partial charge in [0.25, 0.3) is 0 Å². The van der Waals surface area contributed by atoms with E-state index in [-0.39, 0.29) is 5.82 Å². The first-order chi connectivity index (χ1) is 8.06. The smallest absolute Gasteiger partial charge is 0.183 e. The van der Waals surface area contributed by atoms with E-state index in [1.54, 1.807) is 6.07 Å². The molecule has 0 aliphatic carbocycles. The minimum Gasteiger partial charge on any atom is -0.451 e. The van der Waals surface area contributed by atoms with Gasteiger partial charge in [0.2, 0.25) is 0 Å². The van der Waals surface area contributed by atoms with Crippen LogP contribution in [0.5, 0.6) is 0 Å². The van der Waals surface area contributed by atoms with Crippen molar-refractivity contribution in [2.45, 2.75) is 6.54 Å². The number of nitrogens with one attached hydrogen (secondary N) is 1. The minimum absolute atomic E-state index is 0.280. The molecule has 1 aromatic heterocycles. The minimum atomic E-state index is -0.280. The highest BCUT2D eigenvalue weighted by Gasteiger charge is 2.07. The van der Waals surface area contributed by atoms with Crippen molar-refractivity contribution in [3.8, 4) is 0 Å². The van der Waals surface area contributed by atoms with Gasteiger partial charge in [-0.15, -0.1) is 0 Å². The number of benzene rings is 1. The Bertz CT molecular complexity index is 522. The lowest BCUT2D eigenvalue weighted by Gasteiger charge is -2.06. The molecule has 1 aromatic carbocycles. The van der Waals surface area contributed by atoms with Gasteiger partial charge in [-0.1, -0.05) is 0 Å². The summed E-state index contributed by atoms with van der Waals surface area (Å²) in [6.07, 6.45) is 0. The zero-order chi connectivity index (χ0) is 12.4. The van der Waals surface area contributed by atoms with Crippen LogP contribution in [0.1, 0.15) is 5.76 Å². The van der Waals surface area contributed by atoms with E-state index < -0.39 is 0 Å². The quantitative estimate of drug-likeness (QED) is 0.717. The fraction of sp³-hybridized carbons (Fsp3) is 0.0909. The third-order valence-corrected chi connectivity index (χ3v) is 4.48. The zero-order valence-corrected chi connectivity index (χ0v) is 13.2. The molecule has 0 fully saturated rings. The molecular formula is C11H7Br3FNO. The van der Waals surface area contributed by atoms with Gasteiger partial charge in [0.05, 0.1) is 16.7 Å². The molecule has 0 aliphatic heterocycles. The van der Waals surface area contributed by atoms with Crippen molar-refractivity contribution < 1.29 is 8.81 Å². The maximum atomic E-state index is 13.0. The molecular weight excluding hydrogens is 421 g/mol. The van der Waals surface area contributed by atoms with E-state index in [4.69, 9.17) is 4.42 Å². The molecule has 1 heterocycles. The van der Waals surface area contributed by atoms with E-state index in [1.165, 1.54) is 12.1 Å². The summed E-state index contributed by atoms with van der Waals surface area (Å²) in [5.41, 5.74) is 0.689. The van der Waals surface area contributed by atoms with Crippen molar-refractivity contribution in [2.24, 2.45) is 0 Å². The van der Waals surface area contributed by atoms with Crippen molar-refractivity contribution in [2.75, 3.05) is 5.32 Å². The molecule has 0 spiro atoms. The molecule has 2 rings (SSSR count). The number of anilines is 1. The molecule has 0 saturated heterocycles. The second-order valence-corrected chi connectivity index (χ2v) is 5.74. The van der Waals surface area contributed by atoms with Crippen molar-refractivity contribution >= 4 is 53.5 Å². The van der Waals surface area contributed by atoms with Crippen LogP contribution >= 0.6 is 47.8 Å². The number of hydrogen-bond donors (Lipinski definition) is 1. The first-order valence-corrected chi connectivity index (χ1v) is 7.07. The van der Waals surface area contributed by atoms with Gasteiger partial charge in [0, 0.05) is 4.47 Å². The maximum Gasteiger partial charge on any atom is 0.183 e. The summed E-state index contributed by atoms with van der Waals surface area (Å²) >= 11 is 9.93. The average Bonchev–Trinajstić information content (AvgIpc) is 2.60. The second-order valence-electron chi connectivity index (χ2n) is 3.31. The first-order valence-electron chi connectivity index (χ1n) is 4.69. The summed E-state index contributed by atoms with van der Waals surface area (Å²) in [5, 5.41) is 3.09. The first kappa shape index (κ1) is 13.1. The SMILES string of the molecule is Fc1ccc(Br)c(NCc2cc(Br)c(Br)o2)c1. The van der Waals surface area contributed by atoms with E-state index in [0.717, 1.165) is 14.7 Å². The fourth-order valence-corrected chi connectivity index (χ4v) is 2.34. The van der Waals surface area contributed by atoms with Crippen LogP contribution in [0.15, 0.2) is 42.3 Å². The Morgan fingerprint density at radius 2 is 1.88 bits per heavy atom. The van der Waals surface area contributed by atoms with E-state index >= 15 is 0 Å². The second kappa shape index (κ2) is 5.54. The molecule has 2 aromatic rings. The summed E-state index contributed by atoms with van der Waals surface area (Å²) in [6, 6.07) is 6.34. The lowest BCUT2D eigenvalue weighted by Crippen LogP contribution is -1.99. The Balaban J connectivity index is 2.09. The van der Waals surface area contributed by atoms with Gasteiger partial charge < -0.3 is 9.73 Å². The lowest BCUT2D eigenvalue weighted by atomic mass is 10.3. The third kappa shape index (κ3) is 3.33. The summed E-state index contributed by atoms with van der Waals surface area (Å²) in [7, 11) is 0. The molecule has 17 heavy (non-hydrogen) atoms. The van der Waals surface area contributed by atoms with Gasteiger partial charge in [-0.05, 0) is 72.1 Å². The van der Waals surface area contributed by atoms with Gasteiger partial charge in [-0.2, -0.15) is 0 Å². The highest BCUT2D eigenvalue weighted by atomic mass is 79.9. The normalized spacial score (nSPS) is 10.6. The molecule has 90 valence electrons. The molecule has 0 bridgehead atoms. The predicted molar refractivity (Wildman–Crippen MR) is 75.5 cm³/mol. The monoisotopic (exact) mass is 425 g/mol. The molecule has 1 N–H and O–H groups in total. The predicted octanol–water partition coefficient (Wildman–Crippen LogP) is 5.32. The fourth-order valence-electron chi connectivity index (χ4n) is 1.29. The summed E-state index contributed by atoms with van der Waals surface area (Å²) in [5.74, 6) is 0.470. The van der Waals surface area contributed by atoms with Crippen molar-refractivity contribution in [3.05, 3.63) is 49.5 Å². The van der Waals surface area contributed by atoms with Crippen LogP contribution in [0.25, 0.3) is 0 Å². The van der Waals surface area contributed by atoms with Crippen LogP contribution in [0.4, 0.5) is 10.1 Å². The summed E-state index contributed by atoms with van der Waals surface area (Å²) < 4.78 is 20.8. The van der Waals surface area contributed by atoms with Gasteiger partial charge in [0.1, 0.15) is 11.6 Å². The van der Waals surface area contributed by atoms with Crippen LogP contribution in [-0.4, -0.2) is 0 Å². The highest BCUT2D eigenvalue weighted by Crippen LogP contribution is 2.28. The van der Waals surface area contributed by atoms with E-state index in [1.807, 2.05) is 6.07 Å². The topological polar surface area (TPSA) is 25.2 Å². The molecule has 0 aliphatic rings. The van der Waals surface area contributed by atoms with Crippen LogP contribution in [0.3, 0.4) is 0 Å². The Morgan fingerprint density at radius 3 is 2.53 bits per heavy atom. The van der Waals surface area contributed by atoms with Gasteiger partial charge in [-0.25, -0.2) is 4.39 Å². The van der Waals surface area contributed by atoms with Crippen molar-refractivity contribution in [3.63, 3.8) is 0 Å². The lowest BCUT2D eigenvalue weighted by molar-refractivity contribution is 0.494. The van der Waals surface area contributed by atoms with Crippen molar-refractivity contribution in [1.82, 2.24) is 0 Å². The molecule has 6 heteroatoms. The molecule has 0 unspecified atom stereocenters.